The molecular weight excluding hydrogens is 264 g/mol. The van der Waals surface area contributed by atoms with Crippen LogP contribution in [0.5, 0.6) is 0 Å². The third kappa shape index (κ3) is 4.51. The molecule has 2 rings (SSSR count). The summed E-state index contributed by atoms with van der Waals surface area (Å²) in [6.45, 7) is 12.2. The molecule has 5 heteroatoms. The van der Waals surface area contributed by atoms with Crippen LogP contribution in [0.15, 0.2) is 6.20 Å². The molecule has 0 amide bonds. The van der Waals surface area contributed by atoms with Crippen molar-refractivity contribution < 1.29 is 5.11 Å². The lowest BCUT2D eigenvalue weighted by molar-refractivity contribution is -0.0245. The first kappa shape index (κ1) is 16.4. The first-order chi connectivity index (χ1) is 9.60. The minimum absolute atomic E-state index is 0.0433. The Labute approximate surface area is 128 Å². The van der Waals surface area contributed by atoms with Crippen LogP contribution in [0.4, 0.5) is 0 Å². The van der Waals surface area contributed by atoms with Crippen molar-refractivity contribution >= 4 is 0 Å². The fraction of sp³-hybridized carbons (Fsp3) is 0.875. The number of aromatic nitrogens is 3. The zero-order valence-electron chi connectivity index (χ0n) is 14.1. The number of hydrogen-bond donors (Lipinski definition) is 2. The van der Waals surface area contributed by atoms with Crippen molar-refractivity contribution in [3.8, 4) is 0 Å². The van der Waals surface area contributed by atoms with Crippen molar-refractivity contribution in [1.29, 1.82) is 0 Å². The van der Waals surface area contributed by atoms with E-state index in [0.29, 0.717) is 18.5 Å². The minimum Gasteiger partial charge on any atom is -0.389 e. The van der Waals surface area contributed by atoms with Gasteiger partial charge in [-0.1, -0.05) is 19.1 Å². The molecule has 1 heterocycles. The van der Waals surface area contributed by atoms with E-state index in [1.807, 2.05) is 10.9 Å². The van der Waals surface area contributed by atoms with E-state index in [4.69, 9.17) is 0 Å². The second-order valence-electron chi connectivity index (χ2n) is 8.32. The van der Waals surface area contributed by atoms with Crippen LogP contribution in [-0.4, -0.2) is 32.2 Å². The van der Waals surface area contributed by atoms with Gasteiger partial charge in [-0.15, -0.1) is 5.10 Å². The predicted molar refractivity (Wildman–Crippen MR) is 83.9 cm³/mol. The Kier molecular flexibility index (Phi) is 4.45. The summed E-state index contributed by atoms with van der Waals surface area (Å²) in [6, 6.07) is 0. The molecule has 0 atom stereocenters. The van der Waals surface area contributed by atoms with Crippen molar-refractivity contribution in [3.63, 3.8) is 0 Å². The molecule has 0 unspecified atom stereocenters. The molecular formula is C16H30N4O. The van der Waals surface area contributed by atoms with Crippen LogP contribution in [-0.2, 0) is 12.1 Å². The minimum atomic E-state index is -0.560. The Hall–Kier alpha value is -0.940. The molecule has 21 heavy (non-hydrogen) atoms. The third-order valence-corrected chi connectivity index (χ3v) is 4.52. The summed E-state index contributed by atoms with van der Waals surface area (Å²) >= 11 is 0. The van der Waals surface area contributed by atoms with Gasteiger partial charge in [0.2, 0.25) is 0 Å². The van der Waals surface area contributed by atoms with Gasteiger partial charge in [0, 0.05) is 13.1 Å². The average Bonchev–Trinajstić information content (AvgIpc) is 2.83. The molecule has 0 aromatic carbocycles. The maximum absolute atomic E-state index is 10.6. The summed E-state index contributed by atoms with van der Waals surface area (Å²) in [5, 5.41) is 22.3. The monoisotopic (exact) mass is 294 g/mol. The molecule has 1 aromatic heterocycles. The number of rotatable bonds is 4. The highest BCUT2D eigenvalue weighted by atomic mass is 16.3. The quantitative estimate of drug-likeness (QED) is 0.895. The van der Waals surface area contributed by atoms with E-state index in [9.17, 15) is 5.11 Å². The van der Waals surface area contributed by atoms with Gasteiger partial charge in [-0.3, -0.25) is 0 Å². The van der Waals surface area contributed by atoms with Crippen molar-refractivity contribution in [1.82, 2.24) is 20.3 Å². The number of hydrogen-bond acceptors (Lipinski definition) is 4. The smallest absolute Gasteiger partial charge is 0.0965 e. The highest BCUT2D eigenvalue weighted by Crippen LogP contribution is 2.39. The van der Waals surface area contributed by atoms with E-state index < -0.39 is 5.60 Å². The number of aliphatic hydroxyl groups is 1. The van der Waals surface area contributed by atoms with Crippen LogP contribution in [0.25, 0.3) is 0 Å². The summed E-state index contributed by atoms with van der Waals surface area (Å²) in [5.74, 6) is 0. The fourth-order valence-electron chi connectivity index (χ4n) is 2.70. The Morgan fingerprint density at radius 2 is 1.86 bits per heavy atom. The van der Waals surface area contributed by atoms with Gasteiger partial charge in [-0.25, -0.2) is 4.68 Å². The van der Waals surface area contributed by atoms with Gasteiger partial charge in [-0.2, -0.15) is 0 Å². The molecule has 1 fully saturated rings. The van der Waals surface area contributed by atoms with Gasteiger partial charge in [0.1, 0.15) is 0 Å². The SMILES string of the molecule is CC1(C)CCC(O)(CNCc2cn(C(C)(C)C)nn2)CC1. The zero-order valence-corrected chi connectivity index (χ0v) is 14.1. The van der Waals surface area contributed by atoms with E-state index >= 15 is 0 Å². The van der Waals surface area contributed by atoms with E-state index in [2.05, 4.69) is 50.2 Å². The second kappa shape index (κ2) is 5.69. The Morgan fingerprint density at radius 3 is 2.38 bits per heavy atom. The van der Waals surface area contributed by atoms with Crippen LogP contribution in [0.2, 0.25) is 0 Å². The molecule has 2 N–H and O–H groups in total. The van der Waals surface area contributed by atoms with Crippen LogP contribution >= 0.6 is 0 Å². The Bertz CT molecular complexity index is 463. The van der Waals surface area contributed by atoms with Crippen LogP contribution in [0, 0.1) is 5.41 Å². The van der Waals surface area contributed by atoms with Gasteiger partial charge >= 0.3 is 0 Å². The molecule has 0 saturated heterocycles. The molecule has 1 aromatic rings. The number of nitrogens with one attached hydrogen (secondary N) is 1. The molecule has 5 nitrogen and oxygen atoms in total. The van der Waals surface area contributed by atoms with Crippen LogP contribution < -0.4 is 5.32 Å². The zero-order chi connectivity index (χ0) is 15.7. The molecule has 120 valence electrons. The first-order valence-corrected chi connectivity index (χ1v) is 7.95. The predicted octanol–water partition coefficient (Wildman–Crippen LogP) is 2.45. The summed E-state index contributed by atoms with van der Waals surface area (Å²) in [7, 11) is 0. The average molecular weight is 294 g/mol. The highest BCUT2D eigenvalue weighted by molar-refractivity contribution is 4.96. The van der Waals surface area contributed by atoms with Gasteiger partial charge in [0.25, 0.3) is 0 Å². The van der Waals surface area contributed by atoms with Crippen molar-refractivity contribution in [2.75, 3.05) is 6.54 Å². The Balaban J connectivity index is 1.81. The highest BCUT2D eigenvalue weighted by Gasteiger charge is 2.36. The maximum atomic E-state index is 10.6. The third-order valence-electron chi connectivity index (χ3n) is 4.52. The molecule has 1 saturated carbocycles. The van der Waals surface area contributed by atoms with Gasteiger partial charge < -0.3 is 10.4 Å². The molecule has 0 spiro atoms. The summed E-state index contributed by atoms with van der Waals surface area (Å²) < 4.78 is 1.88. The lowest BCUT2D eigenvalue weighted by Crippen LogP contribution is -2.44. The lowest BCUT2D eigenvalue weighted by atomic mass is 9.71. The second-order valence-corrected chi connectivity index (χ2v) is 8.32. The summed E-state index contributed by atoms with van der Waals surface area (Å²) in [6.07, 6.45) is 5.90. The molecule has 0 bridgehead atoms. The summed E-state index contributed by atoms with van der Waals surface area (Å²) in [4.78, 5) is 0. The van der Waals surface area contributed by atoms with Crippen molar-refractivity contribution in [2.24, 2.45) is 5.41 Å². The summed E-state index contributed by atoms with van der Waals surface area (Å²) in [5.41, 5.74) is 0.694. The van der Waals surface area contributed by atoms with E-state index in [1.54, 1.807) is 0 Å². The molecule has 0 radical (unpaired) electrons. The molecule has 1 aliphatic rings. The standard InChI is InChI=1S/C16H30N4O/c1-14(2,3)20-11-13(18-19-20)10-17-12-16(21)8-6-15(4,5)7-9-16/h11,17,21H,6-10,12H2,1-5H3. The van der Waals surface area contributed by atoms with Crippen molar-refractivity contribution in [3.05, 3.63) is 11.9 Å². The molecule has 0 aliphatic heterocycles. The fourth-order valence-corrected chi connectivity index (χ4v) is 2.70. The number of nitrogens with zero attached hydrogens (tertiary/aromatic N) is 3. The van der Waals surface area contributed by atoms with Crippen LogP contribution in [0.3, 0.4) is 0 Å². The van der Waals surface area contributed by atoms with Gasteiger partial charge in [-0.05, 0) is 51.9 Å². The van der Waals surface area contributed by atoms with E-state index in [1.165, 1.54) is 0 Å². The molecule has 1 aliphatic carbocycles. The van der Waals surface area contributed by atoms with Crippen molar-refractivity contribution in [2.45, 2.75) is 78.0 Å². The van der Waals surface area contributed by atoms with Gasteiger partial charge in [0.15, 0.2) is 0 Å². The van der Waals surface area contributed by atoms with Crippen LogP contribution in [0.1, 0.15) is 66.0 Å². The van der Waals surface area contributed by atoms with E-state index in [-0.39, 0.29) is 5.54 Å². The van der Waals surface area contributed by atoms with E-state index in [0.717, 1.165) is 31.4 Å². The van der Waals surface area contributed by atoms with Gasteiger partial charge in [0.05, 0.1) is 23.0 Å². The largest absolute Gasteiger partial charge is 0.389 e. The lowest BCUT2D eigenvalue weighted by Gasteiger charge is -2.40. The first-order valence-electron chi connectivity index (χ1n) is 7.95. The maximum Gasteiger partial charge on any atom is 0.0965 e. The normalized spacial score (nSPS) is 21.4. The topological polar surface area (TPSA) is 63.0 Å². The Morgan fingerprint density at radius 1 is 1.24 bits per heavy atom.